The molecule has 3 heterocycles. The Kier molecular flexibility index (Phi) is 4.71. The van der Waals surface area contributed by atoms with Gasteiger partial charge in [0.1, 0.15) is 0 Å². The van der Waals surface area contributed by atoms with Crippen molar-refractivity contribution < 1.29 is 4.79 Å². The second-order valence-corrected chi connectivity index (χ2v) is 7.77. The van der Waals surface area contributed by atoms with E-state index in [0.29, 0.717) is 11.1 Å². The molecule has 0 bridgehead atoms. The molecule has 5 rings (SSSR count). The molecule has 2 aromatic heterocycles. The van der Waals surface area contributed by atoms with Crippen LogP contribution < -0.4 is 5.56 Å². The lowest BCUT2D eigenvalue weighted by atomic mass is 9.98. The van der Waals surface area contributed by atoms with Gasteiger partial charge in [-0.05, 0) is 55.2 Å². The Balaban J connectivity index is 1.71. The molecule has 1 amide bonds. The monoisotopic (exact) mass is 397 g/mol. The first-order valence-electron chi connectivity index (χ1n) is 10.4. The fourth-order valence-corrected chi connectivity index (χ4v) is 4.33. The van der Waals surface area contributed by atoms with Crippen LogP contribution in [0.25, 0.3) is 33.3 Å². The summed E-state index contributed by atoms with van der Waals surface area (Å²) in [6.45, 7) is 1.64. The highest BCUT2D eigenvalue weighted by Crippen LogP contribution is 2.37. The zero-order chi connectivity index (χ0) is 20.5. The van der Waals surface area contributed by atoms with Gasteiger partial charge in [-0.15, -0.1) is 0 Å². The topological polar surface area (TPSA) is 69.0 Å². The Hall–Kier alpha value is -3.60. The Morgan fingerprint density at radius 1 is 0.900 bits per heavy atom. The van der Waals surface area contributed by atoms with Gasteiger partial charge < -0.3 is 14.9 Å². The van der Waals surface area contributed by atoms with Crippen molar-refractivity contribution in [2.75, 3.05) is 13.1 Å². The van der Waals surface area contributed by atoms with Crippen LogP contribution in [0.15, 0.2) is 71.7 Å². The number of fused-ring (bicyclic) bond motifs is 1. The molecule has 150 valence electrons. The van der Waals surface area contributed by atoms with Crippen molar-refractivity contribution in [3.8, 4) is 22.4 Å². The van der Waals surface area contributed by atoms with Gasteiger partial charge >= 0.3 is 0 Å². The van der Waals surface area contributed by atoms with Gasteiger partial charge in [0.05, 0.1) is 11.3 Å². The molecule has 1 aliphatic heterocycles. The number of piperidine rings is 1. The Bertz CT molecular complexity index is 1260. The first kappa shape index (κ1) is 18.4. The zero-order valence-corrected chi connectivity index (χ0v) is 16.7. The maximum Gasteiger partial charge on any atom is 0.257 e. The van der Waals surface area contributed by atoms with Gasteiger partial charge in [0.25, 0.3) is 11.5 Å². The third-order valence-electron chi connectivity index (χ3n) is 5.84. The van der Waals surface area contributed by atoms with Crippen LogP contribution in [-0.4, -0.2) is 33.9 Å². The number of H-pyrrole nitrogens is 2. The van der Waals surface area contributed by atoms with Gasteiger partial charge in [-0.3, -0.25) is 9.59 Å². The minimum atomic E-state index is -0.147. The SMILES string of the molecule is O=C(c1ccc2[nH]c(-c3ccc[nH]c3=O)c(-c3ccccc3)c2c1)N1CCCCC1. The third kappa shape index (κ3) is 3.22. The number of rotatable bonds is 3. The Labute approximate surface area is 174 Å². The summed E-state index contributed by atoms with van der Waals surface area (Å²) in [5.74, 6) is 0.0796. The van der Waals surface area contributed by atoms with Gasteiger partial charge in [-0.25, -0.2) is 0 Å². The number of hydrogen-bond donors (Lipinski definition) is 2. The summed E-state index contributed by atoms with van der Waals surface area (Å²) in [5.41, 5.74) is 4.74. The normalized spacial score (nSPS) is 14.2. The van der Waals surface area contributed by atoms with E-state index in [1.165, 1.54) is 6.42 Å². The second-order valence-electron chi connectivity index (χ2n) is 7.77. The lowest BCUT2D eigenvalue weighted by molar-refractivity contribution is 0.0724. The minimum Gasteiger partial charge on any atom is -0.354 e. The largest absolute Gasteiger partial charge is 0.354 e. The molecule has 0 atom stereocenters. The molecule has 5 heteroatoms. The van der Waals surface area contributed by atoms with Crippen molar-refractivity contribution in [3.05, 3.63) is 82.8 Å². The van der Waals surface area contributed by atoms with Gasteiger partial charge in [0, 0.05) is 41.3 Å². The fraction of sp³-hybridized carbons (Fsp3) is 0.200. The molecule has 0 saturated carbocycles. The minimum absolute atomic E-state index is 0.0796. The lowest BCUT2D eigenvalue weighted by Gasteiger charge is -2.26. The molecular weight excluding hydrogens is 374 g/mol. The Morgan fingerprint density at radius 3 is 2.47 bits per heavy atom. The zero-order valence-electron chi connectivity index (χ0n) is 16.7. The summed E-state index contributed by atoms with van der Waals surface area (Å²) in [7, 11) is 0. The molecular formula is C25H23N3O2. The molecule has 0 spiro atoms. The van der Waals surface area contributed by atoms with Crippen molar-refractivity contribution in [1.29, 1.82) is 0 Å². The molecule has 1 saturated heterocycles. The molecule has 1 aliphatic rings. The average molecular weight is 397 g/mol. The van der Waals surface area contributed by atoms with Crippen LogP contribution in [0, 0.1) is 0 Å². The molecule has 2 aromatic carbocycles. The van der Waals surface area contributed by atoms with Crippen LogP contribution >= 0.6 is 0 Å². The molecule has 1 fully saturated rings. The van der Waals surface area contributed by atoms with E-state index in [1.54, 1.807) is 6.20 Å². The van der Waals surface area contributed by atoms with E-state index in [1.807, 2.05) is 65.6 Å². The summed E-state index contributed by atoms with van der Waals surface area (Å²) in [4.78, 5) is 33.7. The number of pyridine rings is 1. The third-order valence-corrected chi connectivity index (χ3v) is 5.84. The molecule has 30 heavy (non-hydrogen) atoms. The van der Waals surface area contributed by atoms with E-state index < -0.39 is 0 Å². The number of carbonyl (C=O) groups excluding carboxylic acids is 1. The molecule has 0 aliphatic carbocycles. The van der Waals surface area contributed by atoms with Crippen molar-refractivity contribution in [1.82, 2.24) is 14.9 Å². The number of aromatic nitrogens is 2. The molecule has 0 radical (unpaired) electrons. The van der Waals surface area contributed by atoms with Crippen LogP contribution in [0.4, 0.5) is 0 Å². The van der Waals surface area contributed by atoms with Gasteiger partial charge in [0.15, 0.2) is 0 Å². The maximum absolute atomic E-state index is 13.1. The average Bonchev–Trinajstić information content (AvgIpc) is 3.18. The van der Waals surface area contributed by atoms with E-state index in [4.69, 9.17) is 0 Å². The fourth-order valence-electron chi connectivity index (χ4n) is 4.33. The predicted molar refractivity (Wildman–Crippen MR) is 120 cm³/mol. The summed E-state index contributed by atoms with van der Waals surface area (Å²) in [6, 6.07) is 19.4. The van der Waals surface area contributed by atoms with Gasteiger partial charge in [-0.1, -0.05) is 30.3 Å². The van der Waals surface area contributed by atoms with Crippen LogP contribution in [0.5, 0.6) is 0 Å². The first-order valence-corrected chi connectivity index (χ1v) is 10.4. The smallest absolute Gasteiger partial charge is 0.257 e. The highest BCUT2D eigenvalue weighted by atomic mass is 16.2. The number of likely N-dealkylation sites (tertiary alicyclic amines) is 1. The van der Waals surface area contributed by atoms with Crippen molar-refractivity contribution in [3.63, 3.8) is 0 Å². The van der Waals surface area contributed by atoms with E-state index in [9.17, 15) is 9.59 Å². The number of hydrogen-bond acceptors (Lipinski definition) is 2. The molecule has 0 unspecified atom stereocenters. The summed E-state index contributed by atoms with van der Waals surface area (Å²) in [5, 5.41) is 0.947. The standard InChI is InChI=1S/C25H23N3O2/c29-24-19(10-7-13-26-24)23-22(17-8-3-1-4-9-17)20-16-18(11-12-21(20)27-23)25(30)28-14-5-2-6-15-28/h1,3-4,7-13,16,27H,2,5-6,14-15H2,(H,26,29). The summed E-state index contributed by atoms with van der Waals surface area (Å²) >= 11 is 0. The van der Waals surface area contributed by atoms with E-state index in [2.05, 4.69) is 9.97 Å². The van der Waals surface area contributed by atoms with Gasteiger partial charge in [0.2, 0.25) is 0 Å². The van der Waals surface area contributed by atoms with E-state index in [0.717, 1.165) is 53.7 Å². The van der Waals surface area contributed by atoms with Crippen LogP contribution in [0.1, 0.15) is 29.6 Å². The molecule has 2 N–H and O–H groups in total. The highest BCUT2D eigenvalue weighted by Gasteiger charge is 2.21. The summed E-state index contributed by atoms with van der Waals surface area (Å²) < 4.78 is 0. The van der Waals surface area contributed by atoms with E-state index >= 15 is 0 Å². The lowest BCUT2D eigenvalue weighted by Crippen LogP contribution is -2.35. The van der Waals surface area contributed by atoms with Crippen LogP contribution in [0.3, 0.4) is 0 Å². The first-order chi connectivity index (χ1) is 14.7. The predicted octanol–water partition coefficient (Wildman–Crippen LogP) is 4.82. The molecule has 5 nitrogen and oxygen atoms in total. The number of aromatic amines is 2. The second kappa shape index (κ2) is 7.67. The van der Waals surface area contributed by atoms with E-state index in [-0.39, 0.29) is 11.5 Å². The van der Waals surface area contributed by atoms with Crippen molar-refractivity contribution in [2.45, 2.75) is 19.3 Å². The number of amides is 1. The quantitative estimate of drug-likeness (QED) is 0.521. The Morgan fingerprint density at radius 2 is 1.70 bits per heavy atom. The highest BCUT2D eigenvalue weighted by molar-refractivity contribution is 6.07. The number of carbonyl (C=O) groups is 1. The number of nitrogens with one attached hydrogen (secondary N) is 2. The van der Waals surface area contributed by atoms with Gasteiger partial charge in [-0.2, -0.15) is 0 Å². The maximum atomic E-state index is 13.1. The van der Waals surface area contributed by atoms with Crippen LogP contribution in [0.2, 0.25) is 0 Å². The summed E-state index contributed by atoms with van der Waals surface area (Å²) in [6.07, 6.45) is 4.95. The molecule has 4 aromatic rings. The number of nitrogens with zero attached hydrogens (tertiary/aromatic N) is 1. The van der Waals surface area contributed by atoms with Crippen molar-refractivity contribution >= 4 is 16.8 Å². The van der Waals surface area contributed by atoms with Crippen molar-refractivity contribution in [2.24, 2.45) is 0 Å². The van der Waals surface area contributed by atoms with Crippen LogP contribution in [-0.2, 0) is 0 Å². The number of benzene rings is 2.